The Kier molecular flexibility index (Phi) is 2.26. The van der Waals surface area contributed by atoms with Gasteiger partial charge in [0, 0.05) is 10.9 Å². The van der Waals surface area contributed by atoms with Crippen LogP contribution in [0.1, 0.15) is 32.8 Å². The van der Waals surface area contributed by atoms with E-state index >= 15 is 0 Å². The molecule has 2 aromatic rings. The number of furan rings is 1. The Morgan fingerprint density at radius 2 is 1.81 bits per heavy atom. The zero-order valence-corrected chi connectivity index (χ0v) is 9.84. The highest BCUT2D eigenvalue weighted by atomic mass is 16.4. The van der Waals surface area contributed by atoms with Crippen molar-refractivity contribution in [3.05, 3.63) is 34.1 Å². The highest BCUT2D eigenvalue weighted by Gasteiger charge is 2.17. The molecular weight excluding hydrogens is 204 g/mol. The molecule has 0 saturated heterocycles. The number of carboxylic acid groups (broad SMARTS) is 1. The minimum absolute atomic E-state index is 0.318. The molecule has 1 aromatic heterocycles. The maximum Gasteiger partial charge on any atom is 0.336 e. The van der Waals surface area contributed by atoms with Gasteiger partial charge in [0.05, 0.1) is 5.56 Å². The van der Waals surface area contributed by atoms with Gasteiger partial charge in [0.1, 0.15) is 11.3 Å². The second kappa shape index (κ2) is 3.37. The second-order valence-corrected chi connectivity index (χ2v) is 4.16. The van der Waals surface area contributed by atoms with E-state index in [1.165, 1.54) is 0 Å². The van der Waals surface area contributed by atoms with Crippen LogP contribution in [-0.2, 0) is 0 Å². The van der Waals surface area contributed by atoms with Crippen LogP contribution in [0.3, 0.4) is 0 Å². The van der Waals surface area contributed by atoms with E-state index in [0.29, 0.717) is 16.7 Å². The minimum atomic E-state index is -0.908. The van der Waals surface area contributed by atoms with Gasteiger partial charge in [0.25, 0.3) is 0 Å². The van der Waals surface area contributed by atoms with E-state index in [1.807, 2.05) is 20.8 Å². The predicted molar refractivity (Wildman–Crippen MR) is 62.1 cm³/mol. The number of benzene rings is 1. The van der Waals surface area contributed by atoms with Crippen molar-refractivity contribution in [2.75, 3.05) is 0 Å². The molecule has 0 atom stereocenters. The Morgan fingerprint density at radius 3 is 2.38 bits per heavy atom. The third kappa shape index (κ3) is 1.32. The predicted octanol–water partition coefficient (Wildman–Crippen LogP) is 3.36. The van der Waals surface area contributed by atoms with Crippen LogP contribution in [0.5, 0.6) is 0 Å². The molecule has 3 heteroatoms. The fourth-order valence-electron chi connectivity index (χ4n) is 2.11. The van der Waals surface area contributed by atoms with E-state index in [4.69, 9.17) is 9.52 Å². The van der Waals surface area contributed by atoms with Crippen molar-refractivity contribution in [2.45, 2.75) is 27.7 Å². The molecular formula is C13H14O3. The first kappa shape index (κ1) is 10.7. The summed E-state index contributed by atoms with van der Waals surface area (Å²) in [6.45, 7) is 7.59. The molecule has 1 aromatic carbocycles. The molecule has 0 amide bonds. The Hall–Kier alpha value is -1.77. The van der Waals surface area contributed by atoms with E-state index in [0.717, 1.165) is 22.3 Å². The van der Waals surface area contributed by atoms with Crippen molar-refractivity contribution in [1.82, 2.24) is 0 Å². The smallest absolute Gasteiger partial charge is 0.336 e. The summed E-state index contributed by atoms with van der Waals surface area (Å²) in [5, 5.41) is 10.1. The molecule has 1 heterocycles. The van der Waals surface area contributed by atoms with Crippen molar-refractivity contribution in [2.24, 2.45) is 0 Å². The SMILES string of the molecule is Cc1oc2c(C)c(C(=O)O)cc(C)c2c1C. The van der Waals surface area contributed by atoms with Crippen LogP contribution in [0.15, 0.2) is 10.5 Å². The molecule has 1 N–H and O–H groups in total. The van der Waals surface area contributed by atoms with Crippen LogP contribution in [0.25, 0.3) is 11.0 Å². The molecule has 0 aliphatic rings. The number of aryl methyl sites for hydroxylation is 4. The molecule has 0 saturated carbocycles. The van der Waals surface area contributed by atoms with Crippen molar-refractivity contribution >= 4 is 16.9 Å². The van der Waals surface area contributed by atoms with Crippen molar-refractivity contribution in [1.29, 1.82) is 0 Å². The average molecular weight is 218 g/mol. The van der Waals surface area contributed by atoms with Gasteiger partial charge in [-0.1, -0.05) is 0 Å². The number of carboxylic acids is 1. The van der Waals surface area contributed by atoms with Gasteiger partial charge in [-0.05, 0) is 44.9 Å². The molecule has 0 unspecified atom stereocenters. The molecule has 2 rings (SSSR count). The zero-order valence-electron chi connectivity index (χ0n) is 9.84. The van der Waals surface area contributed by atoms with Crippen LogP contribution in [0.2, 0.25) is 0 Å². The van der Waals surface area contributed by atoms with Gasteiger partial charge in [0.15, 0.2) is 0 Å². The van der Waals surface area contributed by atoms with Crippen LogP contribution >= 0.6 is 0 Å². The van der Waals surface area contributed by atoms with Gasteiger partial charge >= 0.3 is 5.97 Å². The summed E-state index contributed by atoms with van der Waals surface area (Å²) in [5.41, 5.74) is 3.76. The van der Waals surface area contributed by atoms with Gasteiger partial charge in [-0.3, -0.25) is 0 Å². The lowest BCUT2D eigenvalue weighted by Gasteiger charge is -2.04. The summed E-state index contributed by atoms with van der Waals surface area (Å²) in [6.07, 6.45) is 0. The number of hydrogen-bond donors (Lipinski definition) is 1. The lowest BCUT2D eigenvalue weighted by Crippen LogP contribution is -2.00. The minimum Gasteiger partial charge on any atom is -0.478 e. The van der Waals surface area contributed by atoms with Crippen LogP contribution < -0.4 is 0 Å². The lowest BCUT2D eigenvalue weighted by molar-refractivity contribution is 0.0696. The summed E-state index contributed by atoms with van der Waals surface area (Å²) < 4.78 is 5.64. The fraction of sp³-hybridized carbons (Fsp3) is 0.308. The number of aromatic carboxylic acids is 1. The third-order valence-electron chi connectivity index (χ3n) is 3.12. The number of hydrogen-bond acceptors (Lipinski definition) is 2. The zero-order chi connectivity index (χ0) is 12.0. The summed E-state index contributed by atoms with van der Waals surface area (Å²) >= 11 is 0. The number of fused-ring (bicyclic) bond motifs is 1. The summed E-state index contributed by atoms with van der Waals surface area (Å²) in [4.78, 5) is 11.1. The number of carbonyl (C=O) groups is 1. The average Bonchev–Trinajstić information content (AvgIpc) is 2.50. The molecule has 0 spiro atoms. The van der Waals surface area contributed by atoms with Gasteiger partial charge in [-0.2, -0.15) is 0 Å². The van der Waals surface area contributed by atoms with E-state index in [9.17, 15) is 4.79 Å². The first-order chi connectivity index (χ1) is 7.43. The Balaban J connectivity index is 2.95. The maximum absolute atomic E-state index is 11.1. The summed E-state index contributed by atoms with van der Waals surface area (Å²) in [7, 11) is 0. The first-order valence-electron chi connectivity index (χ1n) is 5.16. The van der Waals surface area contributed by atoms with E-state index in [2.05, 4.69) is 0 Å². The monoisotopic (exact) mass is 218 g/mol. The van der Waals surface area contributed by atoms with E-state index in [1.54, 1.807) is 13.0 Å². The van der Waals surface area contributed by atoms with Crippen LogP contribution in [0.4, 0.5) is 0 Å². The Labute approximate surface area is 93.7 Å². The highest BCUT2D eigenvalue weighted by Crippen LogP contribution is 2.32. The highest BCUT2D eigenvalue weighted by molar-refractivity contribution is 5.98. The topological polar surface area (TPSA) is 50.4 Å². The normalized spacial score (nSPS) is 11.0. The Morgan fingerprint density at radius 1 is 1.19 bits per heavy atom. The van der Waals surface area contributed by atoms with Crippen molar-refractivity contribution in [3.63, 3.8) is 0 Å². The molecule has 0 aliphatic carbocycles. The molecule has 84 valence electrons. The Bertz CT molecular complexity index is 591. The van der Waals surface area contributed by atoms with Crippen LogP contribution in [0, 0.1) is 27.7 Å². The van der Waals surface area contributed by atoms with Crippen molar-refractivity contribution in [3.8, 4) is 0 Å². The lowest BCUT2D eigenvalue weighted by atomic mass is 9.99. The van der Waals surface area contributed by atoms with Gasteiger partial charge in [-0.25, -0.2) is 4.79 Å². The van der Waals surface area contributed by atoms with Crippen LogP contribution in [-0.4, -0.2) is 11.1 Å². The third-order valence-corrected chi connectivity index (χ3v) is 3.12. The van der Waals surface area contributed by atoms with Crippen molar-refractivity contribution < 1.29 is 14.3 Å². The van der Waals surface area contributed by atoms with Gasteiger partial charge < -0.3 is 9.52 Å². The fourth-order valence-corrected chi connectivity index (χ4v) is 2.11. The van der Waals surface area contributed by atoms with Gasteiger partial charge in [-0.15, -0.1) is 0 Å². The van der Waals surface area contributed by atoms with E-state index < -0.39 is 5.97 Å². The number of rotatable bonds is 1. The molecule has 0 bridgehead atoms. The molecule has 16 heavy (non-hydrogen) atoms. The molecule has 3 nitrogen and oxygen atoms in total. The first-order valence-corrected chi connectivity index (χ1v) is 5.16. The largest absolute Gasteiger partial charge is 0.478 e. The molecule has 0 aliphatic heterocycles. The van der Waals surface area contributed by atoms with E-state index in [-0.39, 0.29) is 0 Å². The molecule has 0 radical (unpaired) electrons. The molecule has 0 fully saturated rings. The standard InChI is InChI=1S/C13H14O3/c1-6-5-10(13(14)15)8(3)12-11(6)7(2)9(4)16-12/h5H,1-4H3,(H,14,15). The quantitative estimate of drug-likeness (QED) is 0.798. The second-order valence-electron chi connectivity index (χ2n) is 4.16. The van der Waals surface area contributed by atoms with Gasteiger partial charge in [0.2, 0.25) is 0 Å². The summed E-state index contributed by atoms with van der Waals surface area (Å²) in [6, 6.07) is 1.71. The maximum atomic E-state index is 11.1. The summed E-state index contributed by atoms with van der Waals surface area (Å²) in [5.74, 6) is -0.0575.